The predicted octanol–water partition coefficient (Wildman–Crippen LogP) is 5.19. The number of nitrogens with one attached hydrogen (secondary N) is 1. The molecule has 2 amide bonds. The van der Waals surface area contributed by atoms with Crippen molar-refractivity contribution in [3.63, 3.8) is 0 Å². The van der Waals surface area contributed by atoms with Crippen molar-refractivity contribution in [2.75, 3.05) is 51.2 Å². The fourth-order valence-electron chi connectivity index (χ4n) is 5.44. The van der Waals surface area contributed by atoms with Gasteiger partial charge in [0.25, 0.3) is 11.8 Å². The highest BCUT2D eigenvalue weighted by Crippen LogP contribution is 2.31. The number of aliphatic hydroxyl groups is 1. The number of benzene rings is 2. The molecular formula is C30H38Cl2F2N4O3. The number of hydrogen-bond donors (Lipinski definition) is 2. The largest absolute Gasteiger partial charge is 0.396 e. The second-order valence-electron chi connectivity index (χ2n) is 11.3. The summed E-state index contributed by atoms with van der Waals surface area (Å²) in [6.07, 6.45) is 1.54. The number of hydrogen-bond acceptors (Lipinski definition) is 5. The molecule has 2 aromatic carbocycles. The van der Waals surface area contributed by atoms with E-state index in [2.05, 4.69) is 10.2 Å². The van der Waals surface area contributed by atoms with E-state index in [-0.39, 0.29) is 48.0 Å². The smallest absolute Gasteiger partial charge is 0.267 e. The molecule has 7 nitrogen and oxygen atoms in total. The highest BCUT2D eigenvalue weighted by molar-refractivity contribution is 6.34. The highest BCUT2D eigenvalue weighted by Gasteiger charge is 2.41. The first-order valence-corrected chi connectivity index (χ1v) is 14.8. The first kappa shape index (κ1) is 31.5. The molecule has 1 atom stereocenters. The van der Waals surface area contributed by atoms with Crippen LogP contribution in [0.15, 0.2) is 42.5 Å². The van der Waals surface area contributed by atoms with Gasteiger partial charge in [0.05, 0.1) is 35.7 Å². The number of carbonyl (C=O) groups is 2. The van der Waals surface area contributed by atoms with Gasteiger partial charge in [-0.1, -0.05) is 42.3 Å². The van der Waals surface area contributed by atoms with E-state index in [0.29, 0.717) is 6.04 Å². The number of aryl methyl sites for hydroxylation is 1. The van der Waals surface area contributed by atoms with Crippen LogP contribution in [0.4, 0.5) is 14.5 Å². The predicted molar refractivity (Wildman–Crippen MR) is 158 cm³/mol. The standard InChI is InChI=1S/C23H31ClF2N4O3.C7H7Cl/c1-15(13-31)21(32)28-7-4-18(5-8-28)30-11-17(12-30)27-16-2-3-19(20(24)10-16)22(33)29-9-6-23(25,26)14-29;1-6-3-2-4-7(8)5-6/h2-3,10,15,17-18,27,31H,4-9,11-14H2,1H3;2-5H,1H3. The number of likely N-dealkylation sites (tertiary alicyclic amines) is 3. The van der Waals surface area contributed by atoms with Crippen LogP contribution in [0.25, 0.3) is 0 Å². The summed E-state index contributed by atoms with van der Waals surface area (Å²) in [6.45, 7) is 6.32. The topological polar surface area (TPSA) is 76.1 Å². The quantitative estimate of drug-likeness (QED) is 0.471. The van der Waals surface area contributed by atoms with E-state index in [4.69, 9.17) is 23.2 Å². The molecule has 224 valence electrons. The molecule has 2 N–H and O–H groups in total. The van der Waals surface area contributed by atoms with Crippen molar-refractivity contribution in [3.8, 4) is 0 Å². The lowest BCUT2D eigenvalue weighted by Crippen LogP contribution is -2.60. The zero-order chi connectivity index (χ0) is 29.7. The second kappa shape index (κ2) is 13.7. The van der Waals surface area contributed by atoms with Gasteiger partial charge in [-0.05, 0) is 55.7 Å². The summed E-state index contributed by atoms with van der Waals surface area (Å²) < 4.78 is 26.8. The molecule has 41 heavy (non-hydrogen) atoms. The SMILES string of the molecule is CC(CO)C(=O)N1CCC(N2CC(Nc3ccc(C(=O)N4CCC(F)(F)C4)c(Cl)c3)C2)CC1.Cc1cccc(Cl)c1. The number of carbonyl (C=O) groups excluding carboxylic acids is 2. The summed E-state index contributed by atoms with van der Waals surface area (Å²) in [6, 6.07) is 13.5. The van der Waals surface area contributed by atoms with Gasteiger partial charge in [-0.3, -0.25) is 14.5 Å². The van der Waals surface area contributed by atoms with Gasteiger partial charge >= 0.3 is 0 Å². The Morgan fingerprint density at radius 1 is 1.07 bits per heavy atom. The number of nitrogens with zero attached hydrogens (tertiary/aromatic N) is 3. The van der Waals surface area contributed by atoms with E-state index in [1.165, 1.54) is 5.56 Å². The lowest BCUT2D eigenvalue weighted by atomic mass is 9.96. The van der Waals surface area contributed by atoms with Crippen LogP contribution in [0.5, 0.6) is 0 Å². The zero-order valence-electron chi connectivity index (χ0n) is 23.5. The lowest BCUT2D eigenvalue weighted by Gasteiger charge is -2.47. The average molecular weight is 612 g/mol. The molecule has 0 aromatic heterocycles. The minimum atomic E-state index is -2.83. The number of aliphatic hydroxyl groups excluding tert-OH is 1. The van der Waals surface area contributed by atoms with Crippen molar-refractivity contribution in [2.24, 2.45) is 5.92 Å². The van der Waals surface area contributed by atoms with Crippen molar-refractivity contribution in [3.05, 3.63) is 63.6 Å². The Morgan fingerprint density at radius 3 is 2.32 bits per heavy atom. The number of piperidine rings is 1. The van der Waals surface area contributed by atoms with Crippen molar-refractivity contribution >= 4 is 40.7 Å². The van der Waals surface area contributed by atoms with Gasteiger partial charge < -0.3 is 20.2 Å². The van der Waals surface area contributed by atoms with Gasteiger partial charge in [-0.25, -0.2) is 8.78 Å². The summed E-state index contributed by atoms with van der Waals surface area (Å²) in [5.74, 6) is -3.61. The minimum Gasteiger partial charge on any atom is -0.396 e. The van der Waals surface area contributed by atoms with Crippen LogP contribution < -0.4 is 5.32 Å². The van der Waals surface area contributed by atoms with Gasteiger partial charge in [0.2, 0.25) is 5.91 Å². The monoisotopic (exact) mass is 610 g/mol. The van der Waals surface area contributed by atoms with Crippen molar-refractivity contribution < 1.29 is 23.5 Å². The Kier molecular flexibility index (Phi) is 10.5. The maximum absolute atomic E-state index is 13.4. The maximum atomic E-state index is 13.4. The van der Waals surface area contributed by atoms with Crippen LogP contribution in [0.3, 0.4) is 0 Å². The molecule has 3 saturated heterocycles. The molecule has 0 aliphatic carbocycles. The number of amides is 2. The molecule has 0 radical (unpaired) electrons. The van der Waals surface area contributed by atoms with E-state index in [1.807, 2.05) is 36.1 Å². The van der Waals surface area contributed by atoms with E-state index in [1.54, 1.807) is 25.1 Å². The molecule has 3 aliphatic heterocycles. The third-order valence-corrected chi connectivity index (χ3v) is 8.45. The number of alkyl halides is 2. The van der Waals surface area contributed by atoms with Crippen LogP contribution in [-0.4, -0.2) is 95.5 Å². The molecule has 3 heterocycles. The molecular weight excluding hydrogens is 573 g/mol. The Hall–Kier alpha value is -2.46. The first-order valence-electron chi connectivity index (χ1n) is 14.0. The average Bonchev–Trinajstić information content (AvgIpc) is 3.29. The van der Waals surface area contributed by atoms with Gasteiger partial charge in [0, 0.05) is 55.9 Å². The third kappa shape index (κ3) is 8.31. The van der Waals surface area contributed by atoms with Gasteiger partial charge in [-0.15, -0.1) is 0 Å². The lowest BCUT2D eigenvalue weighted by molar-refractivity contribution is -0.138. The molecule has 0 spiro atoms. The van der Waals surface area contributed by atoms with Gasteiger partial charge in [0.1, 0.15) is 0 Å². The summed E-state index contributed by atoms with van der Waals surface area (Å²) in [5.41, 5.74) is 2.25. The highest BCUT2D eigenvalue weighted by atomic mass is 35.5. The summed E-state index contributed by atoms with van der Waals surface area (Å²) in [4.78, 5) is 30.2. The van der Waals surface area contributed by atoms with Crippen LogP contribution >= 0.6 is 23.2 Å². The van der Waals surface area contributed by atoms with E-state index >= 15 is 0 Å². The first-order chi connectivity index (χ1) is 19.5. The molecule has 11 heteroatoms. The molecule has 0 bridgehead atoms. The molecule has 1 unspecified atom stereocenters. The third-order valence-electron chi connectivity index (χ3n) is 7.91. The Labute approximate surface area is 250 Å². The van der Waals surface area contributed by atoms with Crippen LogP contribution in [0.2, 0.25) is 10.0 Å². The van der Waals surface area contributed by atoms with E-state index in [9.17, 15) is 23.5 Å². The van der Waals surface area contributed by atoms with E-state index < -0.39 is 18.4 Å². The molecule has 5 rings (SSSR count). The van der Waals surface area contributed by atoms with Crippen LogP contribution in [-0.2, 0) is 4.79 Å². The number of rotatable bonds is 6. The molecule has 3 aliphatic rings. The van der Waals surface area contributed by atoms with Crippen LogP contribution in [0, 0.1) is 12.8 Å². The van der Waals surface area contributed by atoms with Crippen molar-refractivity contribution in [1.82, 2.24) is 14.7 Å². The fourth-order valence-corrected chi connectivity index (χ4v) is 5.95. The maximum Gasteiger partial charge on any atom is 0.267 e. The van der Waals surface area contributed by atoms with Crippen molar-refractivity contribution in [2.45, 2.75) is 51.1 Å². The van der Waals surface area contributed by atoms with Crippen LogP contribution in [0.1, 0.15) is 42.1 Å². The number of anilines is 1. The Morgan fingerprint density at radius 2 is 1.78 bits per heavy atom. The fraction of sp³-hybridized carbons (Fsp3) is 0.533. The normalized spacial score (nSPS) is 20.2. The van der Waals surface area contributed by atoms with Crippen molar-refractivity contribution in [1.29, 1.82) is 0 Å². The zero-order valence-corrected chi connectivity index (χ0v) is 25.0. The Balaban J connectivity index is 0.000000417. The molecule has 2 aromatic rings. The number of halogens is 4. The summed E-state index contributed by atoms with van der Waals surface area (Å²) in [5, 5.41) is 13.7. The Bertz CT molecular complexity index is 1200. The minimum absolute atomic E-state index is 0.0244. The molecule has 3 fully saturated rings. The summed E-state index contributed by atoms with van der Waals surface area (Å²) in [7, 11) is 0. The van der Waals surface area contributed by atoms with Gasteiger partial charge in [-0.2, -0.15) is 0 Å². The second-order valence-corrected chi connectivity index (χ2v) is 12.1. The molecule has 0 saturated carbocycles. The summed E-state index contributed by atoms with van der Waals surface area (Å²) >= 11 is 12.0. The van der Waals surface area contributed by atoms with E-state index in [0.717, 1.165) is 54.6 Å². The van der Waals surface area contributed by atoms with Gasteiger partial charge in [0.15, 0.2) is 0 Å².